The second kappa shape index (κ2) is 5.54. The molecule has 2 amide bonds. The molecule has 7 nitrogen and oxygen atoms in total. The third-order valence-corrected chi connectivity index (χ3v) is 3.71. The Morgan fingerprint density at radius 3 is 2.60 bits per heavy atom. The number of hydrogen-bond acceptors (Lipinski definition) is 6. The average molecular weight is 275 g/mol. The minimum absolute atomic E-state index is 0.211. The molecule has 0 radical (unpaired) electrons. The summed E-state index contributed by atoms with van der Waals surface area (Å²) >= 11 is 0. The smallest absolute Gasteiger partial charge is 0.235 e. The predicted molar refractivity (Wildman–Crippen MR) is 72.2 cm³/mol. The molecule has 0 bridgehead atoms. The molecule has 3 rings (SSSR count). The zero-order valence-electron chi connectivity index (χ0n) is 11.1. The van der Waals surface area contributed by atoms with Gasteiger partial charge >= 0.3 is 0 Å². The molecule has 0 saturated carbocycles. The van der Waals surface area contributed by atoms with Crippen LogP contribution in [0.25, 0.3) is 0 Å². The number of nitrogens with one attached hydrogen (secondary N) is 2. The fourth-order valence-electron chi connectivity index (χ4n) is 2.56. The second-order valence-corrected chi connectivity index (χ2v) is 5.06. The highest BCUT2D eigenvalue weighted by atomic mass is 16.2. The molecular formula is C13H17N5O2. The van der Waals surface area contributed by atoms with Gasteiger partial charge in [-0.05, 0) is 18.6 Å². The number of aromatic nitrogens is 2. The molecule has 0 spiro atoms. The number of nitrogens with zero attached hydrogens (tertiary/aromatic N) is 3. The van der Waals surface area contributed by atoms with Crippen molar-refractivity contribution in [1.82, 2.24) is 20.8 Å². The summed E-state index contributed by atoms with van der Waals surface area (Å²) in [5.74, 6) is -0.0121. The maximum atomic E-state index is 11.8. The van der Waals surface area contributed by atoms with Gasteiger partial charge in [0.1, 0.15) is 0 Å². The lowest BCUT2D eigenvalue weighted by Gasteiger charge is -2.28. The van der Waals surface area contributed by atoms with Gasteiger partial charge in [0.05, 0.1) is 11.6 Å². The van der Waals surface area contributed by atoms with Crippen molar-refractivity contribution < 1.29 is 9.59 Å². The highest BCUT2D eigenvalue weighted by Crippen LogP contribution is 2.23. The number of imide groups is 1. The highest BCUT2D eigenvalue weighted by Gasteiger charge is 2.29. The first kappa shape index (κ1) is 13.0. The van der Waals surface area contributed by atoms with Crippen molar-refractivity contribution in [2.24, 2.45) is 0 Å². The summed E-state index contributed by atoms with van der Waals surface area (Å²) in [5, 5.41) is 14.0. The molecule has 7 heteroatoms. The van der Waals surface area contributed by atoms with Crippen molar-refractivity contribution in [3.8, 4) is 0 Å². The predicted octanol–water partition coefficient (Wildman–Crippen LogP) is -0.594. The summed E-state index contributed by atoms with van der Waals surface area (Å²) in [6.07, 6.45) is 0.865. The van der Waals surface area contributed by atoms with Crippen LogP contribution in [0.1, 0.15) is 24.5 Å². The van der Waals surface area contributed by atoms with Crippen molar-refractivity contribution in [2.75, 3.05) is 31.1 Å². The summed E-state index contributed by atoms with van der Waals surface area (Å²) in [5.41, 5.74) is 0.633. The van der Waals surface area contributed by atoms with Crippen LogP contribution in [-0.4, -0.2) is 48.2 Å². The number of anilines is 1. The number of carbonyl (C=O) groups excluding carboxylic acids is 2. The maximum absolute atomic E-state index is 11.8. The molecule has 0 aromatic carbocycles. The Hall–Kier alpha value is -2.02. The lowest BCUT2D eigenvalue weighted by atomic mass is 9.95. The van der Waals surface area contributed by atoms with Crippen LogP contribution in [0.4, 0.5) is 5.82 Å². The summed E-state index contributed by atoms with van der Waals surface area (Å²) in [4.78, 5) is 25.1. The largest absolute Gasteiger partial charge is 0.353 e. The topological polar surface area (TPSA) is 87.2 Å². The minimum Gasteiger partial charge on any atom is -0.353 e. The van der Waals surface area contributed by atoms with Crippen LogP contribution in [0.15, 0.2) is 12.1 Å². The van der Waals surface area contributed by atoms with Crippen LogP contribution in [0.3, 0.4) is 0 Å². The van der Waals surface area contributed by atoms with E-state index in [1.54, 1.807) is 0 Å². The van der Waals surface area contributed by atoms with E-state index in [1.165, 1.54) is 0 Å². The molecule has 2 saturated heterocycles. The first-order valence-electron chi connectivity index (χ1n) is 6.87. The molecule has 106 valence electrons. The molecule has 0 aliphatic carbocycles. The van der Waals surface area contributed by atoms with Crippen LogP contribution in [0.2, 0.25) is 0 Å². The van der Waals surface area contributed by atoms with Crippen LogP contribution in [0.5, 0.6) is 0 Å². The Morgan fingerprint density at radius 2 is 1.95 bits per heavy atom. The van der Waals surface area contributed by atoms with Crippen LogP contribution >= 0.6 is 0 Å². The molecule has 2 aliphatic heterocycles. The van der Waals surface area contributed by atoms with Crippen LogP contribution in [0, 0.1) is 0 Å². The Labute approximate surface area is 116 Å². The van der Waals surface area contributed by atoms with E-state index in [9.17, 15) is 9.59 Å². The number of rotatable bonds is 2. The van der Waals surface area contributed by atoms with Gasteiger partial charge in [-0.25, -0.2) is 0 Å². The van der Waals surface area contributed by atoms with E-state index >= 15 is 0 Å². The van der Waals surface area contributed by atoms with Gasteiger partial charge in [-0.3, -0.25) is 14.9 Å². The average Bonchev–Trinajstić information content (AvgIpc) is 2.48. The minimum atomic E-state index is -0.364. The maximum Gasteiger partial charge on any atom is 0.235 e. The van der Waals surface area contributed by atoms with Gasteiger partial charge in [0, 0.05) is 32.6 Å². The van der Waals surface area contributed by atoms with E-state index in [0.717, 1.165) is 32.0 Å². The quantitative estimate of drug-likeness (QED) is 0.701. The van der Waals surface area contributed by atoms with E-state index in [4.69, 9.17) is 0 Å². The number of piperazine rings is 1. The monoisotopic (exact) mass is 275 g/mol. The number of hydrogen-bond donors (Lipinski definition) is 2. The van der Waals surface area contributed by atoms with Gasteiger partial charge < -0.3 is 10.2 Å². The zero-order valence-corrected chi connectivity index (χ0v) is 11.1. The summed E-state index contributed by atoms with van der Waals surface area (Å²) in [6.45, 7) is 3.70. The molecule has 1 aromatic rings. The molecule has 2 fully saturated rings. The molecule has 3 heterocycles. The number of piperidine rings is 1. The molecule has 1 atom stereocenters. The van der Waals surface area contributed by atoms with E-state index in [1.807, 2.05) is 12.1 Å². The van der Waals surface area contributed by atoms with Gasteiger partial charge in [0.15, 0.2) is 5.82 Å². The van der Waals surface area contributed by atoms with Gasteiger partial charge in [-0.2, -0.15) is 5.10 Å². The molecular weight excluding hydrogens is 258 g/mol. The third-order valence-electron chi connectivity index (χ3n) is 3.71. The van der Waals surface area contributed by atoms with Gasteiger partial charge in [-0.1, -0.05) is 0 Å². The summed E-state index contributed by atoms with van der Waals surface area (Å²) < 4.78 is 0. The van der Waals surface area contributed by atoms with Crippen molar-refractivity contribution in [1.29, 1.82) is 0 Å². The lowest BCUT2D eigenvalue weighted by Crippen LogP contribution is -2.44. The first-order chi connectivity index (χ1) is 9.74. The van der Waals surface area contributed by atoms with Crippen molar-refractivity contribution >= 4 is 17.6 Å². The Kier molecular flexibility index (Phi) is 3.60. The fraction of sp³-hybridized carbons (Fsp3) is 0.538. The normalized spacial score (nSPS) is 23.6. The number of carbonyl (C=O) groups is 2. The van der Waals surface area contributed by atoms with Crippen LogP contribution in [-0.2, 0) is 9.59 Å². The second-order valence-electron chi connectivity index (χ2n) is 5.06. The Morgan fingerprint density at radius 1 is 1.15 bits per heavy atom. The molecule has 1 unspecified atom stereocenters. The van der Waals surface area contributed by atoms with Crippen molar-refractivity contribution in [3.05, 3.63) is 17.8 Å². The Bertz CT molecular complexity index is 510. The van der Waals surface area contributed by atoms with Gasteiger partial charge in [-0.15, -0.1) is 5.10 Å². The molecule has 2 aliphatic rings. The van der Waals surface area contributed by atoms with E-state index in [0.29, 0.717) is 18.5 Å². The van der Waals surface area contributed by atoms with Gasteiger partial charge in [0.25, 0.3) is 0 Å². The number of amides is 2. The molecule has 2 N–H and O–H groups in total. The third kappa shape index (κ3) is 2.62. The van der Waals surface area contributed by atoms with E-state index in [2.05, 4.69) is 25.7 Å². The van der Waals surface area contributed by atoms with Gasteiger partial charge in [0.2, 0.25) is 11.8 Å². The van der Waals surface area contributed by atoms with Crippen LogP contribution < -0.4 is 15.5 Å². The first-order valence-corrected chi connectivity index (χ1v) is 6.87. The van der Waals surface area contributed by atoms with E-state index in [-0.39, 0.29) is 17.7 Å². The summed E-state index contributed by atoms with van der Waals surface area (Å²) in [7, 11) is 0. The Balaban J connectivity index is 1.72. The van der Waals surface area contributed by atoms with E-state index < -0.39 is 0 Å². The standard InChI is InChI=1S/C13H17N5O2/c19-12-4-1-9(13(20)15-12)10-2-3-11(17-16-10)18-7-5-14-6-8-18/h2-3,9,14H,1,4-8H2,(H,15,19,20). The fourth-order valence-corrected chi connectivity index (χ4v) is 2.56. The van der Waals surface area contributed by atoms with Crippen molar-refractivity contribution in [2.45, 2.75) is 18.8 Å². The van der Waals surface area contributed by atoms with Crippen molar-refractivity contribution in [3.63, 3.8) is 0 Å². The molecule has 20 heavy (non-hydrogen) atoms. The highest BCUT2D eigenvalue weighted by molar-refractivity contribution is 6.00. The summed E-state index contributed by atoms with van der Waals surface area (Å²) in [6, 6.07) is 3.74. The molecule has 1 aromatic heterocycles. The lowest BCUT2D eigenvalue weighted by molar-refractivity contribution is -0.134. The SMILES string of the molecule is O=C1CCC(c2ccc(N3CCNCC3)nn2)C(=O)N1. The zero-order chi connectivity index (χ0) is 13.9.